The molecule has 0 bridgehead atoms. The Morgan fingerprint density at radius 3 is 2.92 bits per heavy atom. The van der Waals surface area contributed by atoms with Crippen molar-refractivity contribution in [1.29, 1.82) is 0 Å². The van der Waals surface area contributed by atoms with Crippen molar-refractivity contribution in [2.45, 2.75) is 50.0 Å². The molecule has 10 heteroatoms. The number of hydrogen-bond acceptors (Lipinski definition) is 8. The quantitative estimate of drug-likeness (QED) is 0.558. The zero-order chi connectivity index (χ0) is 25.0. The summed E-state index contributed by atoms with van der Waals surface area (Å²) in [6.07, 6.45) is 5.23. The Morgan fingerprint density at radius 2 is 2.08 bits per heavy atom. The molecule has 2 aromatic heterocycles. The smallest absolute Gasteiger partial charge is 0.226 e. The first-order chi connectivity index (χ1) is 17.4. The molecule has 2 amide bonds. The van der Waals surface area contributed by atoms with Crippen molar-refractivity contribution in [1.82, 2.24) is 19.8 Å². The number of nitrogens with zero attached hydrogens (tertiary/aromatic N) is 4. The van der Waals surface area contributed by atoms with E-state index in [4.69, 9.17) is 0 Å². The zero-order valence-corrected chi connectivity index (χ0v) is 21.9. The van der Waals surface area contributed by atoms with Gasteiger partial charge in [-0.25, -0.2) is 9.97 Å². The van der Waals surface area contributed by atoms with Gasteiger partial charge in [-0.15, -0.1) is 11.3 Å². The molecule has 1 fully saturated rings. The van der Waals surface area contributed by atoms with Crippen LogP contribution in [0.15, 0.2) is 29.4 Å². The molecule has 3 aliphatic rings. The van der Waals surface area contributed by atoms with Crippen molar-refractivity contribution in [3.63, 3.8) is 0 Å². The van der Waals surface area contributed by atoms with Crippen LogP contribution in [0.3, 0.4) is 0 Å². The van der Waals surface area contributed by atoms with Crippen molar-refractivity contribution in [3.8, 4) is 0 Å². The number of fused-ring (bicyclic) bond motifs is 4. The third-order valence-electron chi connectivity index (χ3n) is 7.60. The van der Waals surface area contributed by atoms with Crippen LogP contribution in [-0.4, -0.2) is 62.9 Å². The van der Waals surface area contributed by atoms with Gasteiger partial charge in [0, 0.05) is 54.9 Å². The SMILES string of the molecule is CC(=O)N(C)C1CCN(C(=O)C2CCc3c(sc4ncnc(Nc5ccc6c(c5)SC(=O)C6)c34)C2)C1. The number of rotatable bonds is 4. The Kier molecular flexibility index (Phi) is 5.95. The zero-order valence-electron chi connectivity index (χ0n) is 20.2. The van der Waals surface area contributed by atoms with Crippen LogP contribution >= 0.6 is 23.1 Å². The lowest BCUT2D eigenvalue weighted by Gasteiger charge is -2.28. The molecular weight excluding hydrogens is 494 g/mol. The molecule has 1 aromatic carbocycles. The molecule has 2 unspecified atom stereocenters. The Bertz CT molecular complexity index is 1400. The number of aryl methyl sites for hydroxylation is 1. The van der Waals surface area contributed by atoms with Gasteiger partial charge in [0.25, 0.3) is 0 Å². The molecule has 0 radical (unpaired) electrons. The summed E-state index contributed by atoms with van der Waals surface area (Å²) in [5, 5.41) is 4.67. The lowest BCUT2D eigenvalue weighted by Crippen LogP contribution is -2.41. The average Bonchev–Trinajstić information content (AvgIpc) is 3.58. The first-order valence-electron chi connectivity index (χ1n) is 12.3. The number of benzene rings is 1. The second-order valence-corrected chi connectivity index (χ2v) is 12.0. The highest BCUT2D eigenvalue weighted by molar-refractivity contribution is 8.14. The summed E-state index contributed by atoms with van der Waals surface area (Å²) in [4.78, 5) is 52.8. The van der Waals surface area contributed by atoms with Gasteiger partial charge >= 0.3 is 0 Å². The van der Waals surface area contributed by atoms with E-state index in [1.807, 2.05) is 30.1 Å². The van der Waals surface area contributed by atoms with Crippen LogP contribution in [0, 0.1) is 5.92 Å². The molecular formula is C26H27N5O3S2. The lowest BCUT2D eigenvalue weighted by molar-refractivity contribution is -0.136. The lowest BCUT2D eigenvalue weighted by atomic mass is 9.87. The topological polar surface area (TPSA) is 95.5 Å². The first kappa shape index (κ1) is 23.4. The summed E-state index contributed by atoms with van der Waals surface area (Å²) < 4.78 is 0. The maximum Gasteiger partial charge on any atom is 0.226 e. The number of likely N-dealkylation sites (N-methyl/N-ethyl adjacent to an activating group) is 1. The van der Waals surface area contributed by atoms with Crippen LogP contribution in [0.2, 0.25) is 0 Å². The predicted molar refractivity (Wildman–Crippen MR) is 141 cm³/mol. The molecule has 1 N–H and O–H groups in total. The monoisotopic (exact) mass is 521 g/mol. The normalized spacial score (nSPS) is 20.9. The Labute approximate surface area is 217 Å². The number of amides is 2. The van der Waals surface area contributed by atoms with Gasteiger partial charge < -0.3 is 15.1 Å². The van der Waals surface area contributed by atoms with Crippen molar-refractivity contribution in [3.05, 3.63) is 40.5 Å². The average molecular weight is 522 g/mol. The molecule has 36 heavy (non-hydrogen) atoms. The third kappa shape index (κ3) is 4.16. The fourth-order valence-corrected chi connectivity index (χ4v) is 7.71. The second kappa shape index (κ2) is 9.15. The second-order valence-electron chi connectivity index (χ2n) is 9.80. The summed E-state index contributed by atoms with van der Waals surface area (Å²) >= 11 is 2.95. The van der Waals surface area contributed by atoms with Gasteiger partial charge in [-0.2, -0.15) is 0 Å². The van der Waals surface area contributed by atoms with Gasteiger partial charge in [-0.1, -0.05) is 17.8 Å². The minimum absolute atomic E-state index is 0.0393. The van der Waals surface area contributed by atoms with Crippen molar-refractivity contribution in [2.24, 2.45) is 5.92 Å². The van der Waals surface area contributed by atoms with Crippen molar-refractivity contribution >= 4 is 61.8 Å². The fourth-order valence-electron chi connectivity index (χ4n) is 5.51. The van der Waals surface area contributed by atoms with E-state index in [1.54, 1.807) is 29.5 Å². The molecule has 3 aromatic rings. The number of aromatic nitrogens is 2. The Hall–Kier alpha value is -2.98. The van der Waals surface area contributed by atoms with Crippen LogP contribution < -0.4 is 5.32 Å². The molecule has 186 valence electrons. The van der Waals surface area contributed by atoms with Crippen molar-refractivity contribution < 1.29 is 14.4 Å². The molecule has 2 atom stereocenters. The number of carbonyl (C=O) groups is 3. The van der Waals surface area contributed by atoms with E-state index >= 15 is 0 Å². The van der Waals surface area contributed by atoms with Gasteiger partial charge in [-0.3, -0.25) is 14.4 Å². The summed E-state index contributed by atoms with van der Waals surface area (Å²) in [5.74, 6) is 0.973. The van der Waals surface area contributed by atoms with E-state index in [1.165, 1.54) is 22.2 Å². The van der Waals surface area contributed by atoms with E-state index in [0.29, 0.717) is 19.5 Å². The van der Waals surface area contributed by atoms with E-state index < -0.39 is 0 Å². The Morgan fingerprint density at radius 1 is 1.22 bits per heavy atom. The van der Waals surface area contributed by atoms with Crippen LogP contribution in [-0.2, 0) is 33.6 Å². The molecule has 0 saturated carbocycles. The number of likely N-dealkylation sites (tertiary alicyclic amines) is 1. The minimum Gasteiger partial charge on any atom is -0.341 e. The number of nitrogens with one attached hydrogen (secondary N) is 1. The Balaban J connectivity index is 1.21. The van der Waals surface area contributed by atoms with Gasteiger partial charge in [-0.05, 0) is 48.9 Å². The number of thiophene rings is 1. The fraction of sp³-hybridized carbons (Fsp3) is 0.423. The third-order valence-corrected chi connectivity index (χ3v) is 9.74. The molecule has 6 rings (SSSR count). The van der Waals surface area contributed by atoms with Crippen molar-refractivity contribution in [2.75, 3.05) is 25.5 Å². The van der Waals surface area contributed by atoms with Gasteiger partial charge in [0.1, 0.15) is 17.0 Å². The summed E-state index contributed by atoms with van der Waals surface area (Å²) in [6, 6.07) is 6.12. The van der Waals surface area contributed by atoms with Gasteiger partial charge in [0.2, 0.25) is 11.8 Å². The number of anilines is 2. The highest BCUT2D eigenvalue weighted by Gasteiger charge is 2.36. The number of hydrogen-bond donors (Lipinski definition) is 1. The first-order valence-corrected chi connectivity index (χ1v) is 13.9. The summed E-state index contributed by atoms with van der Waals surface area (Å²) in [7, 11) is 1.82. The molecule has 2 aliphatic heterocycles. The summed E-state index contributed by atoms with van der Waals surface area (Å²) in [5.41, 5.74) is 3.21. The van der Waals surface area contributed by atoms with Gasteiger partial charge in [0.05, 0.1) is 11.4 Å². The van der Waals surface area contributed by atoms with Gasteiger partial charge in [0.15, 0.2) is 5.12 Å². The van der Waals surface area contributed by atoms with Crippen LogP contribution in [0.1, 0.15) is 35.8 Å². The number of thioether (sulfide) groups is 1. The predicted octanol–water partition coefficient (Wildman–Crippen LogP) is 3.79. The molecule has 4 heterocycles. The highest BCUT2D eigenvalue weighted by atomic mass is 32.2. The number of carbonyl (C=O) groups excluding carboxylic acids is 3. The van der Waals surface area contributed by atoms with E-state index in [0.717, 1.165) is 57.9 Å². The van der Waals surface area contributed by atoms with Crippen LogP contribution in [0.5, 0.6) is 0 Å². The van der Waals surface area contributed by atoms with Crippen LogP contribution in [0.25, 0.3) is 10.2 Å². The molecule has 1 saturated heterocycles. The minimum atomic E-state index is -0.0393. The maximum absolute atomic E-state index is 13.3. The molecule has 8 nitrogen and oxygen atoms in total. The maximum atomic E-state index is 13.3. The van der Waals surface area contributed by atoms with E-state index in [9.17, 15) is 14.4 Å². The molecule has 0 spiro atoms. The van der Waals surface area contributed by atoms with E-state index in [2.05, 4.69) is 15.3 Å². The van der Waals surface area contributed by atoms with E-state index in [-0.39, 0.29) is 28.9 Å². The highest BCUT2D eigenvalue weighted by Crippen LogP contribution is 2.42. The molecule has 1 aliphatic carbocycles. The van der Waals surface area contributed by atoms with Crippen LogP contribution in [0.4, 0.5) is 11.5 Å². The largest absolute Gasteiger partial charge is 0.341 e. The summed E-state index contributed by atoms with van der Waals surface area (Å²) in [6.45, 7) is 2.90. The standard InChI is InChI=1S/C26H27N5O3S2/c1-14(32)30(2)18-7-8-31(12-18)26(34)16-4-6-19-21(9-16)36-25-23(19)24(27-13-28-25)29-17-5-3-15-10-22(33)35-20(15)11-17/h3,5,11,13,16,18H,4,6-10,12H2,1-2H3,(H,27,28,29).